The van der Waals surface area contributed by atoms with Crippen LogP contribution in [-0.2, 0) is 9.47 Å². The minimum absolute atomic E-state index is 0.237. The van der Waals surface area contributed by atoms with Gasteiger partial charge in [-0.05, 0) is 41.5 Å². The van der Waals surface area contributed by atoms with Crippen LogP contribution in [0.5, 0.6) is 0 Å². The highest BCUT2D eigenvalue weighted by Gasteiger charge is 2.48. The van der Waals surface area contributed by atoms with Gasteiger partial charge in [0.2, 0.25) is 0 Å². The van der Waals surface area contributed by atoms with Crippen LogP contribution in [-0.4, -0.2) is 11.2 Å². The fraction of sp³-hybridized carbons (Fsp3) is 0.800. The fourth-order valence-electron chi connectivity index (χ4n) is 0.934. The molecule has 1 rings (SSSR count). The number of hydrogen-bond donors (Lipinski definition) is 0. The van der Waals surface area contributed by atoms with E-state index in [0.717, 1.165) is 5.57 Å². The van der Waals surface area contributed by atoms with Gasteiger partial charge in [-0.15, -0.1) is 0 Å². The third-order valence-corrected chi connectivity index (χ3v) is 2.55. The van der Waals surface area contributed by atoms with Crippen molar-refractivity contribution in [2.45, 2.75) is 52.7 Å². The predicted molar refractivity (Wildman–Crippen MR) is 48.7 cm³/mol. The molecule has 2 heteroatoms. The van der Waals surface area contributed by atoms with Crippen molar-refractivity contribution in [1.82, 2.24) is 0 Å². The Morgan fingerprint density at radius 2 is 1.25 bits per heavy atom. The summed E-state index contributed by atoms with van der Waals surface area (Å²) in [6, 6.07) is 0. The summed E-state index contributed by atoms with van der Waals surface area (Å²) in [4.78, 5) is 0. The molecule has 70 valence electrons. The van der Waals surface area contributed by atoms with Gasteiger partial charge >= 0.3 is 0 Å². The maximum absolute atomic E-state index is 5.68. The van der Waals surface area contributed by atoms with E-state index in [-0.39, 0.29) is 11.2 Å². The summed E-state index contributed by atoms with van der Waals surface area (Å²) >= 11 is 0. The summed E-state index contributed by atoms with van der Waals surface area (Å²) < 4.78 is 11.4. The van der Waals surface area contributed by atoms with Gasteiger partial charge in [0.05, 0.1) is 0 Å². The Bertz CT molecular complexity index is 202. The Morgan fingerprint density at radius 1 is 0.917 bits per heavy atom. The van der Waals surface area contributed by atoms with Crippen LogP contribution in [0.4, 0.5) is 0 Å². The Balaban J connectivity index is 2.97. The largest absolute Gasteiger partial charge is 0.455 e. The molecule has 0 bridgehead atoms. The Kier molecular flexibility index (Phi) is 1.89. The van der Waals surface area contributed by atoms with Crippen LogP contribution < -0.4 is 0 Å². The Labute approximate surface area is 74.6 Å². The predicted octanol–water partition coefficient (Wildman–Crippen LogP) is 2.84. The normalized spacial score (nSPS) is 24.7. The molecular weight excluding hydrogens is 152 g/mol. The van der Waals surface area contributed by atoms with Crippen LogP contribution >= 0.6 is 0 Å². The van der Waals surface area contributed by atoms with Crippen molar-refractivity contribution in [1.29, 1.82) is 0 Å². The molecule has 2 nitrogen and oxygen atoms in total. The van der Waals surface area contributed by atoms with Crippen molar-refractivity contribution in [3.05, 3.63) is 11.5 Å². The molecule has 1 fully saturated rings. The van der Waals surface area contributed by atoms with Crippen LogP contribution in [0.2, 0.25) is 0 Å². The molecule has 0 aromatic rings. The zero-order valence-electron chi connectivity index (χ0n) is 8.82. The van der Waals surface area contributed by atoms with Crippen LogP contribution in [0.15, 0.2) is 11.5 Å². The zero-order valence-corrected chi connectivity index (χ0v) is 8.82. The molecule has 0 aromatic heterocycles. The summed E-state index contributed by atoms with van der Waals surface area (Å²) in [6.07, 6.45) is 0. The molecule has 1 heterocycles. The van der Waals surface area contributed by atoms with Gasteiger partial charge in [-0.1, -0.05) is 0 Å². The maximum atomic E-state index is 5.68. The van der Waals surface area contributed by atoms with Crippen molar-refractivity contribution in [2.75, 3.05) is 0 Å². The van der Waals surface area contributed by atoms with Gasteiger partial charge in [0.15, 0.2) is 0 Å². The van der Waals surface area contributed by atoms with Crippen molar-refractivity contribution in [2.24, 2.45) is 0 Å². The second-order valence-electron chi connectivity index (χ2n) is 4.51. The number of ether oxygens (including phenoxy) is 2. The Hall–Kier alpha value is -0.660. The van der Waals surface area contributed by atoms with Gasteiger partial charge in [-0.25, -0.2) is 0 Å². The van der Waals surface area contributed by atoms with Crippen molar-refractivity contribution in [3.63, 3.8) is 0 Å². The van der Waals surface area contributed by atoms with Gasteiger partial charge in [0.25, 0.3) is 5.95 Å². The highest BCUT2D eigenvalue weighted by atomic mass is 16.7. The van der Waals surface area contributed by atoms with Crippen molar-refractivity contribution >= 4 is 0 Å². The van der Waals surface area contributed by atoms with Gasteiger partial charge in [-0.2, -0.15) is 0 Å². The lowest BCUT2D eigenvalue weighted by Gasteiger charge is -2.28. The molecule has 12 heavy (non-hydrogen) atoms. The van der Waals surface area contributed by atoms with E-state index in [2.05, 4.69) is 0 Å². The Morgan fingerprint density at radius 3 is 1.42 bits per heavy atom. The first-order valence-corrected chi connectivity index (χ1v) is 4.32. The topological polar surface area (TPSA) is 18.5 Å². The van der Waals surface area contributed by atoms with Crippen LogP contribution in [0.3, 0.4) is 0 Å². The zero-order chi connectivity index (χ0) is 9.57. The minimum Gasteiger partial charge on any atom is -0.455 e. The van der Waals surface area contributed by atoms with E-state index in [1.807, 2.05) is 41.5 Å². The third-order valence-electron chi connectivity index (χ3n) is 2.55. The first-order chi connectivity index (χ1) is 5.26. The van der Waals surface area contributed by atoms with E-state index in [0.29, 0.717) is 5.95 Å². The van der Waals surface area contributed by atoms with E-state index in [4.69, 9.17) is 9.47 Å². The number of allylic oxidation sites excluding steroid dienone is 1. The summed E-state index contributed by atoms with van der Waals surface area (Å²) in [5.41, 5.74) is 0.618. The SMILES string of the molecule is CC(C)=C1OC(C)(C)C(C)(C)O1. The monoisotopic (exact) mass is 170 g/mol. The molecule has 0 atom stereocenters. The second-order valence-corrected chi connectivity index (χ2v) is 4.51. The lowest BCUT2D eigenvalue weighted by molar-refractivity contribution is 0.00578. The lowest BCUT2D eigenvalue weighted by atomic mass is 9.90. The number of hydrogen-bond acceptors (Lipinski definition) is 2. The van der Waals surface area contributed by atoms with Gasteiger partial charge in [0, 0.05) is 5.57 Å². The first-order valence-electron chi connectivity index (χ1n) is 4.32. The highest BCUT2D eigenvalue weighted by molar-refractivity contribution is 5.08. The second kappa shape index (κ2) is 2.41. The smallest absolute Gasteiger partial charge is 0.279 e. The molecule has 0 spiro atoms. The molecule has 1 aliphatic heterocycles. The quantitative estimate of drug-likeness (QED) is 0.556. The molecule has 1 aliphatic rings. The van der Waals surface area contributed by atoms with E-state index in [9.17, 15) is 0 Å². The van der Waals surface area contributed by atoms with Crippen LogP contribution in [0.1, 0.15) is 41.5 Å². The fourth-order valence-corrected chi connectivity index (χ4v) is 0.934. The first kappa shape index (κ1) is 9.43. The summed E-state index contributed by atoms with van der Waals surface area (Å²) in [5.74, 6) is 0.685. The summed E-state index contributed by atoms with van der Waals surface area (Å²) in [7, 11) is 0. The molecule has 0 N–H and O–H groups in total. The molecule has 0 radical (unpaired) electrons. The van der Waals surface area contributed by atoms with E-state index < -0.39 is 0 Å². The molecular formula is C10H18O2. The molecule has 0 aliphatic carbocycles. The molecule has 0 aromatic carbocycles. The van der Waals surface area contributed by atoms with Gasteiger partial charge in [0.1, 0.15) is 11.2 Å². The van der Waals surface area contributed by atoms with Crippen LogP contribution in [0, 0.1) is 0 Å². The van der Waals surface area contributed by atoms with Crippen molar-refractivity contribution in [3.8, 4) is 0 Å². The van der Waals surface area contributed by atoms with E-state index in [1.165, 1.54) is 0 Å². The summed E-state index contributed by atoms with van der Waals surface area (Å²) in [6.45, 7) is 12.2. The molecule has 1 saturated heterocycles. The third kappa shape index (κ3) is 1.30. The van der Waals surface area contributed by atoms with E-state index >= 15 is 0 Å². The highest BCUT2D eigenvalue weighted by Crippen LogP contribution is 2.40. The maximum Gasteiger partial charge on any atom is 0.279 e. The standard InChI is InChI=1S/C10H18O2/c1-7(2)8-11-9(3,4)10(5,6)12-8/h1-6H3. The molecule has 0 unspecified atom stereocenters. The summed E-state index contributed by atoms with van der Waals surface area (Å²) in [5, 5.41) is 0. The minimum atomic E-state index is -0.237. The van der Waals surface area contributed by atoms with Crippen LogP contribution in [0.25, 0.3) is 0 Å². The van der Waals surface area contributed by atoms with Gasteiger partial charge in [-0.3, -0.25) is 0 Å². The molecule has 0 amide bonds. The molecule has 0 saturated carbocycles. The van der Waals surface area contributed by atoms with Gasteiger partial charge < -0.3 is 9.47 Å². The van der Waals surface area contributed by atoms with E-state index in [1.54, 1.807) is 0 Å². The van der Waals surface area contributed by atoms with Crippen molar-refractivity contribution < 1.29 is 9.47 Å². The number of rotatable bonds is 0. The lowest BCUT2D eigenvalue weighted by Crippen LogP contribution is -2.41. The average molecular weight is 170 g/mol. The average Bonchev–Trinajstić information content (AvgIpc) is 2.03.